The van der Waals surface area contributed by atoms with Crippen LogP contribution < -0.4 is 39.2 Å². The van der Waals surface area contributed by atoms with E-state index in [1.54, 1.807) is 0 Å². The van der Waals surface area contributed by atoms with E-state index in [1.807, 2.05) is 70.1 Å². The van der Waals surface area contributed by atoms with E-state index in [0.29, 0.717) is 22.6 Å². The molecule has 0 amide bonds. The van der Waals surface area contributed by atoms with Crippen molar-refractivity contribution in [2.75, 3.05) is 39.2 Å². The number of hydrogen-bond acceptors (Lipinski definition) is 9. The summed E-state index contributed by atoms with van der Waals surface area (Å²) < 4.78 is 2.13. The fraction of sp³-hybridized carbons (Fsp3) is 0.0678. The Balaban J connectivity index is 0.00000291. The van der Waals surface area contributed by atoms with Crippen molar-refractivity contribution < 1.29 is 42.1 Å². The van der Waals surface area contributed by atoms with Gasteiger partial charge in [-0.15, -0.1) is 55.7 Å². The number of rotatable bonds is 9. The van der Waals surface area contributed by atoms with E-state index in [9.17, 15) is 5.26 Å². The predicted octanol–water partition coefficient (Wildman–Crippen LogP) is 12.8. The maximum Gasteiger partial charge on any atom is 4.00 e. The van der Waals surface area contributed by atoms with Crippen molar-refractivity contribution in [2.24, 2.45) is 0 Å². The van der Waals surface area contributed by atoms with Gasteiger partial charge in [-0.2, -0.15) is 35.0 Å². The van der Waals surface area contributed by atoms with Crippen LogP contribution in [-0.4, -0.2) is 4.57 Å². The van der Waals surface area contributed by atoms with Crippen LogP contribution in [0.3, 0.4) is 0 Å². The summed E-state index contributed by atoms with van der Waals surface area (Å²) in [5.74, 6) is 0. The number of nitriles is 1. The molecule has 5 heterocycles. The molecule has 0 radical (unpaired) electrons. The first-order valence-electron chi connectivity index (χ1n) is 22.8. The van der Waals surface area contributed by atoms with Crippen molar-refractivity contribution in [1.82, 2.24) is 4.57 Å². The Labute approximate surface area is 444 Å². The predicted molar refractivity (Wildman–Crippen MR) is 279 cm³/mol. The summed E-state index contributed by atoms with van der Waals surface area (Å²) in [5, 5.41) is 13.1. The van der Waals surface area contributed by atoms with Gasteiger partial charge in [-0.25, -0.2) is 22.3 Å². The van der Waals surface area contributed by atoms with Gasteiger partial charge >= 0.3 is 42.1 Å². The molecular weight excluding hydrogens is 1240 g/mol. The largest absolute Gasteiger partial charge is 4.00 e. The van der Waals surface area contributed by atoms with Gasteiger partial charge in [0, 0.05) is 22.7 Å². The minimum Gasteiger partial charge on any atom is -0.518 e. The SMILES string of the molecule is Cc1ccc(N2C=CN(c3[c-]c4c(cc3)c3ccc(N5C=CN(c6ccc(C)cc6)[CH-]5)[c-]c3n4-c3[c-]c(N4C=CN(c5ccc(C)cc5)[CH-]4)c(C#N)c(N4C=CN(c5ccc(C)cc5)[CH-]4)[c-]3)[CH-]2)cc1.[Pt+4].[Pt+4]. The Morgan fingerprint density at radius 1 is 0.366 bits per heavy atom. The van der Waals surface area contributed by atoms with Crippen LogP contribution in [0.25, 0.3) is 27.5 Å². The fourth-order valence-electron chi connectivity index (χ4n) is 8.91. The molecule has 0 aliphatic carbocycles. The Hall–Kier alpha value is -7.43. The first-order valence-corrected chi connectivity index (χ1v) is 22.8. The number of aromatic nitrogens is 1. The van der Waals surface area contributed by atoms with Gasteiger partial charge in [0.05, 0.1) is 0 Å². The van der Waals surface area contributed by atoms with Gasteiger partial charge in [0.25, 0.3) is 0 Å². The van der Waals surface area contributed by atoms with E-state index in [-0.39, 0.29) is 42.1 Å². The average molecular weight is 1280 g/mol. The van der Waals surface area contributed by atoms with Crippen molar-refractivity contribution in [3.63, 3.8) is 0 Å². The van der Waals surface area contributed by atoms with Crippen LogP contribution in [0.15, 0.2) is 171 Å². The smallest absolute Gasteiger partial charge is 0.518 e. The molecule has 7 aromatic carbocycles. The second-order valence-corrected chi connectivity index (χ2v) is 17.6. The molecule has 10 nitrogen and oxygen atoms in total. The quantitative estimate of drug-likeness (QED) is 0.132. The number of benzene rings is 7. The Bertz CT molecular complexity index is 3230. The van der Waals surface area contributed by atoms with Gasteiger partial charge in [0.2, 0.25) is 0 Å². The molecule has 0 spiro atoms. The molecule has 71 heavy (non-hydrogen) atoms. The Kier molecular flexibility index (Phi) is 12.9. The molecule has 350 valence electrons. The van der Waals surface area contributed by atoms with Gasteiger partial charge in [-0.3, -0.25) is 0 Å². The van der Waals surface area contributed by atoms with Crippen molar-refractivity contribution in [3.8, 4) is 11.8 Å². The molecule has 1 aromatic heterocycles. The van der Waals surface area contributed by atoms with Gasteiger partial charge in [0.15, 0.2) is 0 Å². The fourth-order valence-corrected chi connectivity index (χ4v) is 8.91. The van der Waals surface area contributed by atoms with E-state index in [4.69, 9.17) is 0 Å². The minimum atomic E-state index is 0. The van der Waals surface area contributed by atoms with Crippen LogP contribution in [0.1, 0.15) is 27.8 Å². The monoisotopic (exact) mass is 1280 g/mol. The summed E-state index contributed by atoms with van der Waals surface area (Å²) in [4.78, 5) is 16.4. The number of hydrogen-bond donors (Lipinski definition) is 0. The summed E-state index contributed by atoms with van der Waals surface area (Å²) in [6.07, 6.45) is 16.1. The molecule has 8 aromatic rings. The Morgan fingerprint density at radius 2 is 0.662 bits per heavy atom. The number of anilines is 8. The molecule has 4 aliphatic heterocycles. The van der Waals surface area contributed by atoms with Gasteiger partial charge in [-0.1, -0.05) is 81.8 Å². The van der Waals surface area contributed by atoms with E-state index in [1.165, 1.54) is 22.3 Å². The molecular formula is C59H44N10Pt2. The summed E-state index contributed by atoms with van der Waals surface area (Å²) in [6, 6.07) is 59.9. The van der Waals surface area contributed by atoms with Gasteiger partial charge < -0.3 is 55.9 Å². The zero-order valence-corrected chi connectivity index (χ0v) is 43.6. The Morgan fingerprint density at radius 3 is 0.986 bits per heavy atom. The molecule has 0 N–H and O–H groups in total. The number of nitrogens with zero attached hydrogens (tertiary/aromatic N) is 10. The first kappa shape index (κ1) is 47.3. The van der Waals surface area contributed by atoms with Crippen LogP contribution >= 0.6 is 0 Å². The van der Waals surface area contributed by atoms with Crippen molar-refractivity contribution >= 4 is 67.3 Å². The van der Waals surface area contributed by atoms with Crippen LogP contribution in [0.5, 0.6) is 0 Å². The second kappa shape index (κ2) is 19.4. The summed E-state index contributed by atoms with van der Waals surface area (Å²) >= 11 is 0. The van der Waals surface area contributed by atoms with Crippen molar-refractivity contribution in [1.29, 1.82) is 5.26 Å². The molecule has 12 rings (SSSR count). The topological polar surface area (TPSA) is 54.6 Å². The third kappa shape index (κ3) is 8.90. The summed E-state index contributed by atoms with van der Waals surface area (Å²) in [5.41, 5.74) is 14.4. The van der Waals surface area contributed by atoms with Gasteiger partial charge in [0.1, 0.15) is 0 Å². The standard InChI is InChI=1S/C59H44N10.2Pt/c1-42-5-13-46(14-6-42)61-25-27-65(38-61)50-21-23-53-54-24-22-51(66-28-26-62(39-66)47-15-7-43(2)8-16-47)34-59(54)69(58(53)33-50)52-35-56(67-31-29-63(40-67)48-17-9-44(3)10-18-48)55(37-60)57(36-52)68-32-30-64(41-68)49-19-11-45(4)12-20-49;;/h5-32,38-41H,1-4H3;;/q-8;2*+4. The van der Waals surface area contributed by atoms with Crippen LogP contribution in [0, 0.1) is 90.0 Å². The molecule has 12 heteroatoms. The molecule has 0 atom stereocenters. The normalized spacial score (nSPS) is 15.0. The van der Waals surface area contributed by atoms with E-state index < -0.39 is 0 Å². The van der Waals surface area contributed by atoms with E-state index in [2.05, 4.69) is 229 Å². The third-order valence-electron chi connectivity index (χ3n) is 12.8. The minimum absolute atomic E-state index is 0. The van der Waals surface area contributed by atoms with Gasteiger partial charge in [-0.05, 0) is 132 Å². The maximum atomic E-state index is 11.2. The van der Waals surface area contributed by atoms with Crippen molar-refractivity contribution in [2.45, 2.75) is 27.7 Å². The summed E-state index contributed by atoms with van der Waals surface area (Å²) in [7, 11) is 0. The molecule has 0 saturated heterocycles. The average Bonchev–Trinajstić information content (AvgIpc) is 4.25. The molecule has 4 aliphatic rings. The zero-order valence-electron chi connectivity index (χ0n) is 39.1. The van der Waals surface area contributed by atoms with Crippen LogP contribution in [-0.2, 0) is 42.1 Å². The zero-order chi connectivity index (χ0) is 46.8. The molecule has 0 bridgehead atoms. The van der Waals surface area contributed by atoms with Crippen molar-refractivity contribution in [3.05, 3.63) is 250 Å². The van der Waals surface area contributed by atoms with E-state index in [0.717, 1.165) is 55.9 Å². The molecule has 0 fully saturated rings. The van der Waals surface area contributed by atoms with Crippen LogP contribution in [0.4, 0.5) is 45.5 Å². The number of fused-ring (bicyclic) bond motifs is 3. The third-order valence-corrected chi connectivity index (χ3v) is 12.8. The molecule has 0 unspecified atom stereocenters. The maximum absolute atomic E-state index is 11.2. The first-order chi connectivity index (χ1) is 33.7. The van der Waals surface area contributed by atoms with E-state index >= 15 is 0 Å². The number of aryl methyl sites for hydroxylation is 4. The summed E-state index contributed by atoms with van der Waals surface area (Å²) in [6.45, 7) is 16.5. The second-order valence-electron chi connectivity index (χ2n) is 17.6. The molecule has 0 saturated carbocycles. The van der Waals surface area contributed by atoms with Crippen LogP contribution in [0.2, 0.25) is 0 Å².